The summed E-state index contributed by atoms with van der Waals surface area (Å²) in [5.41, 5.74) is 4.93. The number of anilines is 2. The van der Waals surface area contributed by atoms with Crippen LogP contribution in [0.15, 0.2) is 82.0 Å². The smallest absolute Gasteiger partial charge is 0.280 e. The zero-order chi connectivity index (χ0) is 44.3. The van der Waals surface area contributed by atoms with E-state index in [1.165, 1.54) is 56.7 Å². The Morgan fingerprint density at radius 2 is 1.48 bits per heavy atom. The van der Waals surface area contributed by atoms with Crippen molar-refractivity contribution in [1.29, 1.82) is 0 Å². The lowest BCUT2D eigenvalue weighted by Crippen LogP contribution is -2.36. The number of halogens is 4. The Balaban J connectivity index is 1.40. The van der Waals surface area contributed by atoms with Crippen molar-refractivity contribution in [3.63, 3.8) is 0 Å². The Morgan fingerprint density at radius 1 is 0.820 bits per heavy atom. The summed E-state index contributed by atoms with van der Waals surface area (Å²) in [4.78, 5) is 32.7. The van der Waals surface area contributed by atoms with Crippen molar-refractivity contribution < 1.29 is 24.5 Å². The maximum Gasteiger partial charge on any atom is 0.280 e. The van der Waals surface area contributed by atoms with Gasteiger partial charge >= 0.3 is 0 Å². The fraction of sp³-hybridized carbons (Fsp3) is 0.413. The minimum atomic E-state index is -1.35. The Hall–Kier alpha value is -4.55. The van der Waals surface area contributed by atoms with Crippen molar-refractivity contribution >= 4 is 86.8 Å². The van der Waals surface area contributed by atoms with E-state index in [1.807, 2.05) is 27.7 Å². The molecule has 15 heteroatoms. The van der Waals surface area contributed by atoms with Crippen LogP contribution in [0.3, 0.4) is 0 Å². The number of aryl methyl sites for hydroxylation is 1. The minimum Gasteiger partial charge on any atom is -0.508 e. The molecule has 0 bridgehead atoms. The molecule has 1 saturated heterocycles. The van der Waals surface area contributed by atoms with Gasteiger partial charge in [0.15, 0.2) is 11.9 Å². The highest BCUT2D eigenvalue weighted by atomic mass is 35.5. The third-order valence-corrected chi connectivity index (χ3v) is 11.3. The lowest BCUT2D eigenvalue weighted by Gasteiger charge is -2.23. The summed E-state index contributed by atoms with van der Waals surface area (Å²) < 4.78 is 6.37. The summed E-state index contributed by atoms with van der Waals surface area (Å²) in [5.74, 6) is -0.487. The first kappa shape index (κ1) is 47.5. The van der Waals surface area contributed by atoms with Crippen molar-refractivity contribution in [2.24, 2.45) is 15.2 Å². The lowest BCUT2D eigenvalue weighted by molar-refractivity contribution is -0.123. The molecule has 61 heavy (non-hydrogen) atoms. The third-order valence-electron chi connectivity index (χ3n) is 10.2. The molecule has 2 amide bonds. The van der Waals surface area contributed by atoms with Crippen LogP contribution >= 0.6 is 46.4 Å². The minimum absolute atomic E-state index is 0.0111. The van der Waals surface area contributed by atoms with E-state index in [4.69, 9.17) is 56.1 Å². The Labute approximate surface area is 378 Å². The van der Waals surface area contributed by atoms with Crippen LogP contribution in [0.5, 0.6) is 17.2 Å². The van der Waals surface area contributed by atoms with Crippen molar-refractivity contribution in [3.05, 3.63) is 97.9 Å². The molecule has 0 aliphatic carbocycles. The number of hydrogen-bond acceptors (Lipinski definition) is 8. The number of ether oxygens (including phenoxy) is 1. The fourth-order valence-corrected chi connectivity index (χ4v) is 8.00. The molecule has 1 aliphatic rings. The van der Waals surface area contributed by atoms with Crippen LogP contribution in [0.1, 0.15) is 109 Å². The maximum atomic E-state index is 14.0. The van der Waals surface area contributed by atoms with E-state index >= 15 is 0 Å². The average Bonchev–Trinajstić information content (AvgIpc) is 3.48. The number of azo groups is 1. The number of nitrogens with zero attached hydrogens (tertiary/aromatic N) is 4. The SMILES string of the molecule is CCCCCCCCCCCCC(Oc1ccc(O)c(C(C)(C)C)c1)C(=O)Nc1ccc(Cl)c(N=C2NN(c3c(Cl)cc(Cl)cc3Cl)C(=O)C2N=Nc2ccc(C)cc2O)c1. The van der Waals surface area contributed by atoms with Gasteiger partial charge in [0.2, 0.25) is 6.04 Å². The molecule has 1 heterocycles. The van der Waals surface area contributed by atoms with E-state index in [2.05, 4.69) is 27.9 Å². The highest BCUT2D eigenvalue weighted by Gasteiger charge is 2.41. The van der Waals surface area contributed by atoms with Gasteiger partial charge in [-0.3, -0.25) is 15.0 Å². The standard InChI is InChI=1S/C46H54Cl4N6O5/c1-6-7-8-9-10-11-12-13-14-15-16-40(61-31-19-22-38(57)32(27-31)46(3,4)5)44(59)51-30-18-20-33(48)37(26-30)52-43-41(54-53-36-21-17-28(2)23-39(36)58)45(60)56(55-43)42-34(49)24-29(47)25-35(42)50/h17-27,40-41,57-58H,6-16H2,1-5H3,(H,51,59)(H,52,55). The number of carbonyl (C=O) groups is 2. The molecule has 4 N–H and O–H groups in total. The lowest BCUT2D eigenvalue weighted by atomic mass is 9.86. The number of hydrogen-bond donors (Lipinski definition) is 4. The first-order valence-electron chi connectivity index (χ1n) is 20.7. The topological polar surface area (TPSA) is 148 Å². The number of rotatable bonds is 19. The zero-order valence-electron chi connectivity index (χ0n) is 35.2. The molecule has 1 aliphatic heterocycles. The van der Waals surface area contributed by atoms with Crippen LogP contribution in [0.2, 0.25) is 20.1 Å². The van der Waals surface area contributed by atoms with Crippen LogP contribution in [0.25, 0.3) is 0 Å². The summed E-state index contributed by atoms with van der Waals surface area (Å²) in [5, 5.41) is 34.2. The van der Waals surface area contributed by atoms with Gasteiger partial charge < -0.3 is 20.3 Å². The van der Waals surface area contributed by atoms with Crippen LogP contribution in [-0.2, 0) is 15.0 Å². The molecule has 326 valence electrons. The fourth-order valence-electron chi connectivity index (χ4n) is 6.86. The summed E-state index contributed by atoms with van der Waals surface area (Å²) in [6, 6.07) is 16.2. The van der Waals surface area contributed by atoms with Gasteiger partial charge in [0.1, 0.15) is 28.6 Å². The third kappa shape index (κ3) is 13.2. The molecule has 11 nitrogen and oxygen atoms in total. The molecule has 0 spiro atoms. The first-order chi connectivity index (χ1) is 29.0. The Morgan fingerprint density at radius 3 is 2.11 bits per heavy atom. The number of aliphatic imine (C=N–C) groups is 1. The van der Waals surface area contributed by atoms with E-state index in [0.29, 0.717) is 23.4 Å². The zero-order valence-corrected chi connectivity index (χ0v) is 38.2. The van der Waals surface area contributed by atoms with Gasteiger partial charge in [-0.25, -0.2) is 10.0 Å². The second-order valence-corrected chi connectivity index (χ2v) is 17.9. The molecule has 0 radical (unpaired) electrons. The van der Waals surface area contributed by atoms with Crippen LogP contribution in [0, 0.1) is 6.92 Å². The summed E-state index contributed by atoms with van der Waals surface area (Å²) >= 11 is 25.9. The first-order valence-corrected chi connectivity index (χ1v) is 22.2. The maximum absolute atomic E-state index is 14.0. The predicted octanol–water partition coefficient (Wildman–Crippen LogP) is 13.7. The van der Waals surface area contributed by atoms with Gasteiger partial charge in [0.25, 0.3) is 11.8 Å². The second-order valence-electron chi connectivity index (χ2n) is 16.3. The molecule has 0 aromatic heterocycles. The van der Waals surface area contributed by atoms with Crippen molar-refractivity contribution in [1.82, 2.24) is 5.43 Å². The van der Waals surface area contributed by atoms with Crippen molar-refractivity contribution in [2.45, 2.75) is 123 Å². The monoisotopic (exact) mass is 910 g/mol. The van der Waals surface area contributed by atoms with Crippen molar-refractivity contribution in [2.75, 3.05) is 10.3 Å². The molecule has 2 atom stereocenters. The number of carbonyl (C=O) groups excluding carboxylic acids is 2. The predicted molar refractivity (Wildman–Crippen MR) is 248 cm³/mol. The molecular formula is C46H54Cl4N6O5. The molecule has 2 unspecified atom stereocenters. The van der Waals surface area contributed by atoms with E-state index in [1.54, 1.807) is 48.5 Å². The van der Waals surface area contributed by atoms with Crippen LogP contribution in [-0.4, -0.2) is 40.0 Å². The number of unbranched alkanes of at least 4 members (excludes halogenated alkanes) is 9. The van der Waals surface area contributed by atoms with Gasteiger partial charge in [0.05, 0.1) is 20.8 Å². The summed E-state index contributed by atoms with van der Waals surface area (Å²) in [6.45, 7) is 10.0. The number of amidine groups is 1. The summed E-state index contributed by atoms with van der Waals surface area (Å²) in [6.07, 6.45) is 11.1. The number of hydrazine groups is 1. The molecule has 4 aromatic carbocycles. The van der Waals surface area contributed by atoms with Gasteiger partial charge in [-0.2, -0.15) is 10.2 Å². The second kappa shape index (κ2) is 22.0. The Kier molecular flexibility index (Phi) is 17.1. The van der Waals surface area contributed by atoms with E-state index < -0.39 is 18.1 Å². The average molecular weight is 913 g/mol. The molecular weight excluding hydrogens is 858 g/mol. The van der Waals surface area contributed by atoms with Gasteiger partial charge in [-0.1, -0.05) is 138 Å². The van der Waals surface area contributed by atoms with Crippen LogP contribution in [0.4, 0.5) is 22.7 Å². The molecule has 0 saturated carbocycles. The normalized spacial score (nSPS) is 15.4. The number of aromatic hydroxyl groups is 2. The summed E-state index contributed by atoms with van der Waals surface area (Å²) in [7, 11) is 0. The number of phenolic OH excluding ortho intramolecular Hbond substituents is 2. The van der Waals surface area contributed by atoms with Gasteiger partial charge in [0, 0.05) is 16.3 Å². The van der Waals surface area contributed by atoms with Crippen LogP contribution < -0.4 is 20.5 Å². The molecule has 4 aromatic rings. The molecule has 5 rings (SSSR count). The number of benzene rings is 4. The van der Waals surface area contributed by atoms with E-state index in [0.717, 1.165) is 36.3 Å². The largest absolute Gasteiger partial charge is 0.508 e. The van der Waals surface area contributed by atoms with Crippen molar-refractivity contribution in [3.8, 4) is 17.2 Å². The number of amides is 2. The quantitative estimate of drug-likeness (QED) is 0.0544. The highest BCUT2D eigenvalue weighted by molar-refractivity contribution is 6.43. The van der Waals surface area contributed by atoms with E-state index in [9.17, 15) is 19.8 Å². The van der Waals surface area contributed by atoms with Gasteiger partial charge in [-0.05, 0) is 91.4 Å². The van der Waals surface area contributed by atoms with E-state index in [-0.39, 0.29) is 65.8 Å². The molecule has 1 fully saturated rings. The van der Waals surface area contributed by atoms with Gasteiger partial charge in [-0.15, -0.1) is 0 Å². The number of phenols is 2. The number of nitrogens with one attached hydrogen (secondary N) is 2. The Bertz CT molecular complexity index is 2220. The highest BCUT2D eigenvalue weighted by Crippen LogP contribution is 2.39.